The van der Waals surface area contributed by atoms with Gasteiger partial charge >= 0.3 is 17.9 Å². The Hall–Kier alpha value is 0.230. The van der Waals surface area contributed by atoms with Crippen LogP contribution in [-0.4, -0.2) is 224 Å². The van der Waals surface area contributed by atoms with E-state index >= 15 is 0 Å². The Kier molecular flexibility index (Phi) is 67.9. The SMILES string of the molecule is CCCCCCCCCCCCOCCSC(C)(C)SCCOC(=O)CCN(C)CCN(CCN(C)CCC(=O)OCCSC(C)(C)SCCOCCCCCCCCCCCC)CCN(C)CCC(=O)OCCSC(C)(C)SCCOCCCCCCCCCCCC. The molecule has 0 saturated heterocycles. The maximum atomic E-state index is 12.9. The van der Waals surface area contributed by atoms with E-state index in [2.05, 4.69) is 103 Å². The molecule has 0 amide bonds. The highest BCUT2D eigenvalue weighted by atomic mass is 32.2. The van der Waals surface area contributed by atoms with Crippen LogP contribution in [0, 0.1) is 0 Å². The number of thioether (sulfide) groups is 6. The van der Waals surface area contributed by atoms with Crippen LogP contribution >= 0.6 is 70.6 Å². The summed E-state index contributed by atoms with van der Waals surface area (Å²) in [4.78, 5) is 47.7. The summed E-state index contributed by atoms with van der Waals surface area (Å²) in [6.45, 7) is 33.2. The Balaban J connectivity index is 4.82. The lowest BCUT2D eigenvalue weighted by Gasteiger charge is -2.29. The molecule has 0 aromatic heterocycles. The second-order valence-corrected chi connectivity index (χ2v) is 38.4. The number of hydrogen-bond acceptors (Lipinski definition) is 19. The smallest absolute Gasteiger partial charge is 0.307 e. The van der Waals surface area contributed by atoms with E-state index in [4.69, 9.17) is 28.4 Å². The van der Waals surface area contributed by atoms with Crippen LogP contribution in [-0.2, 0) is 42.8 Å². The minimum atomic E-state index is -0.157. The molecule has 0 aromatic rings. The quantitative estimate of drug-likeness (QED) is 0.0248. The molecule has 0 bridgehead atoms. The van der Waals surface area contributed by atoms with Crippen molar-refractivity contribution < 1.29 is 42.8 Å². The number of carbonyl (C=O) groups excluding carboxylic acids is 3. The molecule has 13 nitrogen and oxygen atoms in total. The molecule has 0 saturated carbocycles. The average molecular weight is 1440 g/mol. The molecular weight excluding hydrogens is 1290 g/mol. The Morgan fingerprint density at radius 2 is 0.468 bits per heavy atom. The lowest BCUT2D eigenvalue weighted by Crippen LogP contribution is -2.42. The van der Waals surface area contributed by atoms with Crippen LogP contribution in [0.1, 0.15) is 274 Å². The van der Waals surface area contributed by atoms with Crippen LogP contribution < -0.4 is 0 Å². The van der Waals surface area contributed by atoms with Crippen molar-refractivity contribution >= 4 is 88.5 Å². The lowest BCUT2D eigenvalue weighted by molar-refractivity contribution is -0.144. The number of ether oxygens (including phenoxy) is 6. The number of unbranched alkanes of at least 4 members (excludes halogenated alkanes) is 27. The predicted octanol–water partition coefficient (Wildman–Crippen LogP) is 19.3. The fraction of sp³-hybridized carbons (Fsp3) is 0.960. The van der Waals surface area contributed by atoms with Crippen LogP contribution in [0.25, 0.3) is 0 Å². The summed E-state index contributed by atoms with van der Waals surface area (Å²) in [5, 5.41) is 0. The van der Waals surface area contributed by atoms with Crippen molar-refractivity contribution in [3.63, 3.8) is 0 Å². The van der Waals surface area contributed by atoms with Crippen LogP contribution in [0.5, 0.6) is 0 Å². The van der Waals surface area contributed by atoms with Crippen molar-refractivity contribution in [3.05, 3.63) is 0 Å². The van der Waals surface area contributed by atoms with Crippen LogP contribution in [0.4, 0.5) is 0 Å². The van der Waals surface area contributed by atoms with Gasteiger partial charge in [-0.3, -0.25) is 19.3 Å². The highest BCUT2D eigenvalue weighted by Gasteiger charge is 2.22. The first-order valence-corrected chi connectivity index (χ1v) is 44.1. The van der Waals surface area contributed by atoms with Crippen LogP contribution in [0.3, 0.4) is 0 Å². The molecule has 0 heterocycles. The zero-order valence-corrected chi connectivity index (χ0v) is 68.1. The lowest BCUT2D eigenvalue weighted by atomic mass is 10.1. The van der Waals surface area contributed by atoms with E-state index in [1.807, 2.05) is 70.6 Å². The van der Waals surface area contributed by atoms with Crippen molar-refractivity contribution in [2.24, 2.45) is 0 Å². The molecule has 560 valence electrons. The van der Waals surface area contributed by atoms with Gasteiger partial charge < -0.3 is 43.1 Å². The monoisotopic (exact) mass is 1440 g/mol. The number of esters is 3. The first-order valence-electron chi connectivity index (χ1n) is 38.1. The molecule has 0 unspecified atom stereocenters. The Bertz CT molecular complexity index is 1500. The summed E-state index contributed by atoms with van der Waals surface area (Å²) < 4.78 is 35.0. The number of hydrogen-bond donors (Lipinski definition) is 0. The van der Waals surface area contributed by atoms with Gasteiger partial charge in [-0.05, 0) is 81.9 Å². The maximum Gasteiger partial charge on any atom is 0.307 e. The molecule has 94 heavy (non-hydrogen) atoms. The molecule has 0 radical (unpaired) electrons. The van der Waals surface area contributed by atoms with Gasteiger partial charge in [0.25, 0.3) is 0 Å². The molecule has 0 aromatic carbocycles. The highest BCUT2D eigenvalue weighted by molar-refractivity contribution is 8.19. The summed E-state index contributed by atoms with van der Waals surface area (Å²) >= 11 is 11.3. The third kappa shape index (κ3) is 69.3. The largest absolute Gasteiger partial charge is 0.465 e. The molecule has 0 fully saturated rings. The fourth-order valence-corrected chi connectivity index (χ4v) is 17.1. The van der Waals surface area contributed by atoms with E-state index < -0.39 is 0 Å². The van der Waals surface area contributed by atoms with E-state index in [1.54, 1.807) is 0 Å². The summed E-state index contributed by atoms with van der Waals surface area (Å²) in [5.41, 5.74) is 0. The highest BCUT2D eigenvalue weighted by Crippen LogP contribution is 2.38. The van der Waals surface area contributed by atoms with Gasteiger partial charge in [-0.25, -0.2) is 0 Å². The van der Waals surface area contributed by atoms with Crippen molar-refractivity contribution in [2.45, 2.75) is 286 Å². The van der Waals surface area contributed by atoms with Gasteiger partial charge in [-0.2, -0.15) is 0 Å². The van der Waals surface area contributed by atoms with E-state index in [1.165, 1.54) is 173 Å². The van der Waals surface area contributed by atoms with Gasteiger partial charge in [-0.15, -0.1) is 70.6 Å². The van der Waals surface area contributed by atoms with Crippen molar-refractivity contribution in [3.8, 4) is 0 Å². The number of nitrogens with zero attached hydrogens (tertiary/aromatic N) is 4. The molecule has 0 aliphatic heterocycles. The molecular formula is C75H150N4O9S6. The predicted molar refractivity (Wildman–Crippen MR) is 421 cm³/mol. The van der Waals surface area contributed by atoms with Crippen molar-refractivity contribution in [1.29, 1.82) is 0 Å². The molecule has 0 N–H and O–H groups in total. The summed E-state index contributed by atoms with van der Waals surface area (Å²) in [6.07, 6.45) is 41.2. The molecule has 0 spiro atoms. The minimum Gasteiger partial charge on any atom is -0.465 e. The molecule has 0 aliphatic rings. The Morgan fingerprint density at radius 3 is 0.691 bits per heavy atom. The van der Waals surface area contributed by atoms with Crippen molar-refractivity contribution in [2.75, 3.05) is 174 Å². The van der Waals surface area contributed by atoms with E-state index in [9.17, 15) is 14.4 Å². The van der Waals surface area contributed by atoms with E-state index in [0.29, 0.717) is 58.7 Å². The molecule has 19 heteroatoms. The van der Waals surface area contributed by atoms with Crippen molar-refractivity contribution in [1.82, 2.24) is 19.6 Å². The van der Waals surface area contributed by atoms with E-state index in [-0.39, 0.29) is 30.1 Å². The van der Waals surface area contributed by atoms with Gasteiger partial charge in [0.1, 0.15) is 19.8 Å². The first-order chi connectivity index (χ1) is 45.3. The number of rotatable bonds is 75. The zero-order chi connectivity index (χ0) is 69.3. The summed E-state index contributed by atoms with van der Waals surface area (Å²) in [6, 6.07) is 0. The Labute approximate surface area is 607 Å². The normalized spacial score (nSPS) is 12.4. The second kappa shape index (κ2) is 67.7. The van der Waals surface area contributed by atoms with Crippen LogP contribution in [0.15, 0.2) is 0 Å². The van der Waals surface area contributed by atoms with E-state index in [0.717, 1.165) is 133 Å². The zero-order valence-electron chi connectivity index (χ0n) is 63.2. The minimum absolute atomic E-state index is 0.0248. The standard InChI is InChI=1S/C75H150N4O9S6/c1-13-16-19-22-25-28-31-34-37-40-55-83-58-64-89-73(4,5)92-67-61-86-70(80)43-46-76(10)49-52-79(53-50-77(11)47-44-71(81)87-62-68-93-74(6,7)90-65-59-84-56-41-38-35-32-29-26-23-20-17-14-2)54-51-78(12)48-45-72(82)88-63-69-94-75(8,9)91-66-60-85-57-42-39-36-33-30-27-24-21-18-15-3/h13-69H2,1-12H3. The Morgan fingerprint density at radius 1 is 0.266 bits per heavy atom. The molecule has 0 atom stereocenters. The van der Waals surface area contributed by atoms with Gasteiger partial charge in [0.05, 0.1) is 51.3 Å². The molecule has 0 rings (SSSR count). The van der Waals surface area contributed by atoms with Gasteiger partial charge in [-0.1, -0.05) is 194 Å². The number of carbonyl (C=O) groups is 3. The average Bonchev–Trinajstić information content (AvgIpc) is 3.12. The van der Waals surface area contributed by atoms with Gasteiger partial charge in [0.15, 0.2) is 0 Å². The van der Waals surface area contributed by atoms with Gasteiger partial charge in [0, 0.05) is 113 Å². The van der Waals surface area contributed by atoms with Crippen LogP contribution in [0.2, 0.25) is 0 Å². The third-order valence-corrected chi connectivity index (χ3v) is 25.4. The summed E-state index contributed by atoms with van der Waals surface area (Å²) in [5.74, 6) is 4.72. The second-order valence-electron chi connectivity index (χ2n) is 27.3. The first kappa shape index (κ1) is 94.2. The fourth-order valence-electron chi connectivity index (χ4n) is 10.5. The molecule has 0 aliphatic carbocycles. The van der Waals surface area contributed by atoms with Gasteiger partial charge in [0.2, 0.25) is 0 Å². The topological polar surface area (TPSA) is 120 Å². The number of likely N-dealkylation sites (N-methyl/N-ethyl adjacent to an activating group) is 3. The maximum absolute atomic E-state index is 12.9. The third-order valence-electron chi connectivity index (χ3n) is 16.8. The summed E-state index contributed by atoms with van der Waals surface area (Å²) in [7, 11) is 6.21.